The maximum atomic E-state index is 6.25. The van der Waals surface area contributed by atoms with Crippen molar-refractivity contribution in [1.82, 2.24) is 0 Å². The minimum atomic E-state index is 0.523. The van der Waals surface area contributed by atoms with E-state index in [9.17, 15) is 0 Å². The lowest BCUT2D eigenvalue weighted by atomic mass is 9.78. The average molecular weight is 286 g/mol. The molecule has 2 rings (SSSR count). The van der Waals surface area contributed by atoms with Crippen LogP contribution in [0.15, 0.2) is 18.2 Å². The molecule has 1 saturated carbocycles. The van der Waals surface area contributed by atoms with Gasteiger partial charge in [-0.05, 0) is 36.8 Å². The van der Waals surface area contributed by atoms with Crippen LogP contribution in [0, 0.1) is 11.8 Å². The van der Waals surface area contributed by atoms with Crippen LogP contribution in [-0.4, -0.2) is 6.04 Å². The minimum Gasteiger partial charge on any atom is -0.381 e. The Hall–Kier alpha value is -0.400. The Bertz CT molecular complexity index is 403. The SMILES string of the molecule is CC(C)C1CCCCC1Nc1cccc(Cl)c1Cl. The first-order valence-electron chi connectivity index (χ1n) is 6.80. The lowest BCUT2D eigenvalue weighted by Gasteiger charge is -2.35. The Labute approximate surface area is 120 Å². The number of anilines is 1. The molecule has 0 amide bonds. The standard InChI is InChI=1S/C15H21Cl2N/c1-10(2)11-6-3-4-8-13(11)18-14-9-5-7-12(16)15(14)17/h5,7,9-11,13,18H,3-4,6,8H2,1-2H3. The van der Waals surface area contributed by atoms with Gasteiger partial charge in [0.15, 0.2) is 0 Å². The van der Waals surface area contributed by atoms with Gasteiger partial charge in [-0.15, -0.1) is 0 Å². The van der Waals surface area contributed by atoms with Gasteiger partial charge in [0, 0.05) is 6.04 Å². The molecule has 1 aromatic carbocycles. The van der Waals surface area contributed by atoms with E-state index in [1.807, 2.05) is 18.2 Å². The van der Waals surface area contributed by atoms with E-state index in [1.54, 1.807) is 0 Å². The average Bonchev–Trinajstić information content (AvgIpc) is 2.35. The van der Waals surface area contributed by atoms with Gasteiger partial charge in [-0.2, -0.15) is 0 Å². The summed E-state index contributed by atoms with van der Waals surface area (Å²) in [6.45, 7) is 4.62. The summed E-state index contributed by atoms with van der Waals surface area (Å²) in [5, 5.41) is 4.87. The van der Waals surface area contributed by atoms with Gasteiger partial charge in [0.1, 0.15) is 0 Å². The van der Waals surface area contributed by atoms with Gasteiger partial charge in [0.05, 0.1) is 15.7 Å². The van der Waals surface area contributed by atoms with Crippen molar-refractivity contribution in [3.8, 4) is 0 Å². The lowest BCUT2D eigenvalue weighted by molar-refractivity contribution is 0.254. The van der Waals surface area contributed by atoms with Crippen molar-refractivity contribution < 1.29 is 0 Å². The molecular weight excluding hydrogens is 265 g/mol. The Morgan fingerprint density at radius 3 is 2.61 bits per heavy atom. The molecule has 1 aromatic rings. The van der Waals surface area contributed by atoms with Gasteiger partial charge in [-0.1, -0.05) is 56.0 Å². The number of nitrogens with one attached hydrogen (secondary N) is 1. The highest BCUT2D eigenvalue weighted by atomic mass is 35.5. The van der Waals surface area contributed by atoms with E-state index in [1.165, 1.54) is 25.7 Å². The third-order valence-corrected chi connectivity index (χ3v) is 4.79. The maximum Gasteiger partial charge on any atom is 0.0823 e. The Balaban J connectivity index is 2.13. The van der Waals surface area contributed by atoms with Gasteiger partial charge in [0.2, 0.25) is 0 Å². The van der Waals surface area contributed by atoms with Crippen LogP contribution in [0.25, 0.3) is 0 Å². The second-order valence-electron chi connectivity index (χ2n) is 5.54. The zero-order chi connectivity index (χ0) is 13.1. The molecule has 100 valence electrons. The molecule has 0 spiro atoms. The summed E-state index contributed by atoms with van der Waals surface area (Å²) in [4.78, 5) is 0. The van der Waals surface area contributed by atoms with E-state index in [2.05, 4.69) is 19.2 Å². The normalized spacial score (nSPS) is 24.3. The molecule has 2 unspecified atom stereocenters. The number of benzene rings is 1. The van der Waals surface area contributed by atoms with Crippen molar-refractivity contribution in [3.63, 3.8) is 0 Å². The lowest BCUT2D eigenvalue weighted by Crippen LogP contribution is -2.35. The van der Waals surface area contributed by atoms with Crippen LogP contribution < -0.4 is 5.32 Å². The van der Waals surface area contributed by atoms with Crippen molar-refractivity contribution in [1.29, 1.82) is 0 Å². The van der Waals surface area contributed by atoms with E-state index in [4.69, 9.17) is 23.2 Å². The number of halogens is 2. The van der Waals surface area contributed by atoms with E-state index in [-0.39, 0.29) is 0 Å². The van der Waals surface area contributed by atoms with Crippen molar-refractivity contribution in [2.45, 2.75) is 45.6 Å². The van der Waals surface area contributed by atoms with Crippen LogP contribution in [0.1, 0.15) is 39.5 Å². The maximum absolute atomic E-state index is 6.25. The Morgan fingerprint density at radius 2 is 1.89 bits per heavy atom. The predicted octanol–water partition coefficient (Wildman–Crippen LogP) is 5.62. The molecule has 1 aliphatic rings. The van der Waals surface area contributed by atoms with Crippen LogP contribution in [-0.2, 0) is 0 Å². The largest absolute Gasteiger partial charge is 0.381 e. The van der Waals surface area contributed by atoms with Crippen LogP contribution in [0.5, 0.6) is 0 Å². The highest BCUT2D eigenvalue weighted by Gasteiger charge is 2.27. The number of hydrogen-bond donors (Lipinski definition) is 1. The molecular formula is C15H21Cl2N. The van der Waals surface area contributed by atoms with Gasteiger partial charge in [-0.25, -0.2) is 0 Å². The van der Waals surface area contributed by atoms with E-state index >= 15 is 0 Å². The van der Waals surface area contributed by atoms with Crippen LogP contribution in [0.4, 0.5) is 5.69 Å². The summed E-state index contributed by atoms with van der Waals surface area (Å²) in [5.74, 6) is 1.44. The number of rotatable bonds is 3. The van der Waals surface area contributed by atoms with Gasteiger partial charge >= 0.3 is 0 Å². The highest BCUT2D eigenvalue weighted by molar-refractivity contribution is 6.43. The molecule has 1 aliphatic carbocycles. The van der Waals surface area contributed by atoms with Crippen molar-refractivity contribution in [2.75, 3.05) is 5.32 Å². The zero-order valence-electron chi connectivity index (χ0n) is 11.0. The fraction of sp³-hybridized carbons (Fsp3) is 0.600. The molecule has 0 aromatic heterocycles. The summed E-state index contributed by atoms with van der Waals surface area (Å²) >= 11 is 12.3. The minimum absolute atomic E-state index is 0.523. The second-order valence-corrected chi connectivity index (χ2v) is 6.33. The Morgan fingerprint density at radius 1 is 1.17 bits per heavy atom. The monoisotopic (exact) mass is 285 g/mol. The molecule has 0 bridgehead atoms. The van der Waals surface area contributed by atoms with Gasteiger partial charge < -0.3 is 5.32 Å². The molecule has 0 saturated heterocycles. The van der Waals surface area contributed by atoms with Crippen molar-refractivity contribution >= 4 is 28.9 Å². The molecule has 1 N–H and O–H groups in total. The molecule has 1 fully saturated rings. The first kappa shape index (κ1) is 14.0. The Kier molecular flexibility index (Phi) is 4.80. The third-order valence-electron chi connectivity index (χ3n) is 3.97. The summed E-state index contributed by atoms with van der Waals surface area (Å²) in [6, 6.07) is 6.31. The summed E-state index contributed by atoms with van der Waals surface area (Å²) in [5.41, 5.74) is 0.974. The van der Waals surface area contributed by atoms with E-state index in [0.29, 0.717) is 22.0 Å². The highest BCUT2D eigenvalue weighted by Crippen LogP contribution is 2.35. The molecule has 2 atom stereocenters. The molecule has 3 heteroatoms. The van der Waals surface area contributed by atoms with Gasteiger partial charge in [-0.3, -0.25) is 0 Å². The van der Waals surface area contributed by atoms with Gasteiger partial charge in [0.25, 0.3) is 0 Å². The topological polar surface area (TPSA) is 12.0 Å². The molecule has 0 aliphatic heterocycles. The van der Waals surface area contributed by atoms with Crippen molar-refractivity contribution in [3.05, 3.63) is 28.2 Å². The van der Waals surface area contributed by atoms with Crippen LogP contribution in [0.2, 0.25) is 10.0 Å². The fourth-order valence-electron chi connectivity index (χ4n) is 2.95. The predicted molar refractivity (Wildman–Crippen MR) is 80.7 cm³/mol. The summed E-state index contributed by atoms with van der Waals surface area (Å²) < 4.78 is 0. The van der Waals surface area contributed by atoms with E-state index in [0.717, 1.165) is 11.6 Å². The second kappa shape index (κ2) is 6.16. The zero-order valence-corrected chi connectivity index (χ0v) is 12.6. The van der Waals surface area contributed by atoms with Crippen LogP contribution in [0.3, 0.4) is 0 Å². The molecule has 18 heavy (non-hydrogen) atoms. The molecule has 1 nitrogen and oxygen atoms in total. The first-order chi connectivity index (χ1) is 8.59. The van der Waals surface area contributed by atoms with Crippen molar-refractivity contribution in [2.24, 2.45) is 11.8 Å². The van der Waals surface area contributed by atoms with Crippen LogP contribution >= 0.6 is 23.2 Å². The summed E-state index contributed by atoms with van der Waals surface area (Å²) in [6.07, 6.45) is 5.20. The molecule has 0 radical (unpaired) electrons. The fourth-order valence-corrected chi connectivity index (χ4v) is 3.31. The first-order valence-corrected chi connectivity index (χ1v) is 7.55. The smallest absolute Gasteiger partial charge is 0.0823 e. The molecule has 0 heterocycles. The number of hydrogen-bond acceptors (Lipinski definition) is 1. The van der Waals surface area contributed by atoms with E-state index < -0.39 is 0 Å². The third kappa shape index (κ3) is 3.13. The quantitative estimate of drug-likeness (QED) is 0.760. The summed E-state index contributed by atoms with van der Waals surface area (Å²) in [7, 11) is 0.